The number of carbonyl (C=O) groups is 1. The first-order chi connectivity index (χ1) is 13.3. The van der Waals surface area contributed by atoms with E-state index in [9.17, 15) is 22.0 Å². The normalized spacial score (nSPS) is 11.1. The molecule has 0 fully saturated rings. The van der Waals surface area contributed by atoms with Crippen LogP contribution >= 0.6 is 0 Å². The van der Waals surface area contributed by atoms with Crippen molar-refractivity contribution in [1.29, 1.82) is 0 Å². The van der Waals surface area contributed by atoms with Crippen LogP contribution in [0.2, 0.25) is 0 Å². The first-order valence-corrected chi connectivity index (χ1v) is 9.67. The molecular weight excluding hydrogens is 386 g/mol. The van der Waals surface area contributed by atoms with Gasteiger partial charge in [0.25, 0.3) is 15.9 Å². The lowest BCUT2D eigenvalue weighted by atomic mass is 10.1. The largest absolute Gasteiger partial charge is 0.311 e. The zero-order chi connectivity index (χ0) is 20.3. The van der Waals surface area contributed by atoms with E-state index >= 15 is 0 Å². The Morgan fingerprint density at radius 1 is 0.893 bits per heavy atom. The van der Waals surface area contributed by atoms with Gasteiger partial charge in [0.2, 0.25) is 0 Å². The maximum Gasteiger partial charge on any atom is 0.261 e. The van der Waals surface area contributed by atoms with Gasteiger partial charge >= 0.3 is 0 Å². The van der Waals surface area contributed by atoms with Gasteiger partial charge in [0.15, 0.2) is 11.6 Å². The predicted molar refractivity (Wildman–Crippen MR) is 103 cm³/mol. The van der Waals surface area contributed by atoms with Crippen LogP contribution in [0.1, 0.15) is 10.4 Å². The van der Waals surface area contributed by atoms with Crippen molar-refractivity contribution in [1.82, 2.24) is 0 Å². The number of benzene rings is 3. The van der Waals surface area contributed by atoms with Crippen LogP contribution < -0.4 is 9.62 Å². The fraction of sp³-hybridized carbons (Fsp3) is 0.0500. The zero-order valence-electron chi connectivity index (χ0n) is 14.8. The second-order valence-corrected chi connectivity index (χ2v) is 7.64. The van der Waals surface area contributed by atoms with Gasteiger partial charge in [-0.05, 0) is 54.6 Å². The number of hydrogen-bond donors (Lipinski definition) is 1. The number of nitrogens with zero attached hydrogens (tertiary/aromatic N) is 1. The van der Waals surface area contributed by atoms with Gasteiger partial charge in [-0.3, -0.25) is 9.52 Å². The molecule has 8 heteroatoms. The standard InChI is InChI=1S/C20H16F2N2O3S/c1-24(16-5-3-2-4-6-16)20(25)14-7-9-15(10-8-14)23-28(26,27)17-11-12-18(21)19(22)13-17/h2-13,23H,1H3. The van der Waals surface area contributed by atoms with Crippen LogP contribution in [0.25, 0.3) is 0 Å². The number of halogens is 2. The molecule has 0 aliphatic carbocycles. The van der Waals surface area contributed by atoms with Crippen molar-refractivity contribution in [2.24, 2.45) is 0 Å². The van der Waals surface area contributed by atoms with E-state index in [4.69, 9.17) is 0 Å². The van der Waals surface area contributed by atoms with Crippen molar-refractivity contribution in [2.75, 3.05) is 16.7 Å². The molecule has 0 spiro atoms. The minimum atomic E-state index is -4.10. The molecule has 0 atom stereocenters. The minimum Gasteiger partial charge on any atom is -0.311 e. The lowest BCUT2D eigenvalue weighted by Crippen LogP contribution is -2.26. The Balaban J connectivity index is 1.77. The maximum absolute atomic E-state index is 13.3. The van der Waals surface area contributed by atoms with Gasteiger partial charge in [-0.1, -0.05) is 18.2 Å². The molecule has 28 heavy (non-hydrogen) atoms. The number of para-hydroxylation sites is 1. The highest BCUT2D eigenvalue weighted by Gasteiger charge is 2.18. The SMILES string of the molecule is CN(C(=O)c1ccc(NS(=O)(=O)c2ccc(F)c(F)c2)cc1)c1ccccc1. The van der Waals surface area contributed by atoms with Crippen molar-refractivity contribution >= 4 is 27.3 Å². The molecule has 0 heterocycles. The second-order valence-electron chi connectivity index (χ2n) is 5.96. The predicted octanol–water partition coefficient (Wildman–Crippen LogP) is 4.04. The molecule has 0 aliphatic heterocycles. The molecule has 0 aliphatic rings. The molecule has 0 saturated heterocycles. The van der Waals surface area contributed by atoms with Crippen LogP contribution in [-0.4, -0.2) is 21.4 Å². The average Bonchev–Trinajstić information content (AvgIpc) is 2.70. The first kappa shape index (κ1) is 19.5. The van der Waals surface area contributed by atoms with Crippen molar-refractivity contribution in [3.63, 3.8) is 0 Å². The highest BCUT2D eigenvalue weighted by Crippen LogP contribution is 2.20. The van der Waals surface area contributed by atoms with E-state index in [-0.39, 0.29) is 11.6 Å². The number of amides is 1. The molecule has 5 nitrogen and oxygen atoms in total. The third-order valence-corrected chi connectivity index (χ3v) is 5.41. The van der Waals surface area contributed by atoms with Crippen LogP contribution in [0.5, 0.6) is 0 Å². The van der Waals surface area contributed by atoms with Gasteiger partial charge in [-0.25, -0.2) is 17.2 Å². The Morgan fingerprint density at radius 2 is 1.54 bits per heavy atom. The summed E-state index contributed by atoms with van der Waals surface area (Å²) in [6.07, 6.45) is 0. The summed E-state index contributed by atoms with van der Waals surface area (Å²) in [5, 5.41) is 0. The second kappa shape index (κ2) is 7.77. The minimum absolute atomic E-state index is 0.184. The molecule has 1 amide bonds. The molecular formula is C20H16F2N2O3S. The molecule has 3 aromatic rings. The van der Waals surface area contributed by atoms with Crippen molar-refractivity contribution in [3.8, 4) is 0 Å². The van der Waals surface area contributed by atoms with Crippen molar-refractivity contribution < 1.29 is 22.0 Å². The Kier molecular flexibility index (Phi) is 5.41. The van der Waals surface area contributed by atoms with E-state index in [2.05, 4.69) is 4.72 Å². The van der Waals surface area contributed by atoms with Crippen LogP contribution in [0.15, 0.2) is 77.7 Å². The number of anilines is 2. The van der Waals surface area contributed by atoms with Gasteiger partial charge < -0.3 is 4.90 Å². The smallest absolute Gasteiger partial charge is 0.261 e. The molecule has 1 N–H and O–H groups in total. The Bertz CT molecular complexity index is 1100. The van der Waals surface area contributed by atoms with Crippen molar-refractivity contribution in [2.45, 2.75) is 4.90 Å². The average molecular weight is 402 g/mol. The summed E-state index contributed by atoms with van der Waals surface area (Å²) in [7, 11) is -2.46. The van der Waals surface area contributed by atoms with Crippen molar-refractivity contribution in [3.05, 3.63) is 90.0 Å². The lowest BCUT2D eigenvalue weighted by Gasteiger charge is -2.17. The van der Waals surface area contributed by atoms with Crippen LogP contribution in [0.3, 0.4) is 0 Å². The van der Waals surface area contributed by atoms with Crippen LogP contribution in [0, 0.1) is 11.6 Å². The lowest BCUT2D eigenvalue weighted by molar-refractivity contribution is 0.0993. The Labute approximate surface area is 161 Å². The fourth-order valence-electron chi connectivity index (χ4n) is 2.50. The molecule has 3 aromatic carbocycles. The summed E-state index contributed by atoms with van der Waals surface area (Å²) in [4.78, 5) is 13.6. The molecule has 0 bridgehead atoms. The van der Waals surface area contributed by atoms with Gasteiger partial charge in [0.05, 0.1) is 4.90 Å². The number of rotatable bonds is 5. The molecule has 0 saturated carbocycles. The summed E-state index contributed by atoms with van der Waals surface area (Å²) in [6.45, 7) is 0. The van der Waals surface area contributed by atoms with Crippen LogP contribution in [-0.2, 0) is 10.0 Å². The highest BCUT2D eigenvalue weighted by atomic mass is 32.2. The quantitative estimate of drug-likeness (QED) is 0.700. The Hall–Kier alpha value is -3.26. The summed E-state index contributed by atoms with van der Waals surface area (Å²) in [5.74, 6) is -2.65. The fourth-order valence-corrected chi connectivity index (χ4v) is 3.57. The van der Waals surface area contributed by atoms with Gasteiger partial charge in [-0.2, -0.15) is 0 Å². The van der Waals surface area contributed by atoms with E-state index in [1.807, 2.05) is 18.2 Å². The van der Waals surface area contributed by atoms with Gasteiger partial charge in [0.1, 0.15) is 0 Å². The highest BCUT2D eigenvalue weighted by molar-refractivity contribution is 7.92. The molecule has 3 rings (SSSR count). The Morgan fingerprint density at radius 3 is 2.14 bits per heavy atom. The third kappa shape index (κ3) is 4.17. The van der Waals surface area contributed by atoms with Gasteiger partial charge in [-0.15, -0.1) is 0 Å². The van der Waals surface area contributed by atoms with E-state index in [1.165, 1.54) is 29.2 Å². The summed E-state index contributed by atoms with van der Waals surface area (Å²) in [6, 6.07) is 17.2. The summed E-state index contributed by atoms with van der Waals surface area (Å²) >= 11 is 0. The molecule has 144 valence electrons. The van der Waals surface area contributed by atoms with E-state index < -0.39 is 26.6 Å². The molecule has 0 radical (unpaired) electrons. The van der Waals surface area contributed by atoms with Gasteiger partial charge in [0, 0.05) is 24.0 Å². The topological polar surface area (TPSA) is 66.5 Å². The molecule has 0 unspecified atom stereocenters. The first-order valence-electron chi connectivity index (χ1n) is 8.19. The van der Waals surface area contributed by atoms with Crippen LogP contribution in [0.4, 0.5) is 20.2 Å². The third-order valence-electron chi connectivity index (χ3n) is 4.03. The number of carbonyl (C=O) groups excluding carboxylic acids is 1. The number of sulfonamides is 1. The number of nitrogens with one attached hydrogen (secondary N) is 1. The number of hydrogen-bond acceptors (Lipinski definition) is 3. The van der Waals surface area contributed by atoms with E-state index in [0.29, 0.717) is 11.6 Å². The van der Waals surface area contributed by atoms with E-state index in [1.54, 1.807) is 19.2 Å². The maximum atomic E-state index is 13.3. The summed E-state index contributed by atoms with van der Waals surface area (Å²) in [5.41, 5.74) is 1.27. The molecule has 0 aromatic heterocycles. The zero-order valence-corrected chi connectivity index (χ0v) is 15.6. The summed E-state index contributed by atoms with van der Waals surface area (Å²) < 4.78 is 53.2. The monoisotopic (exact) mass is 402 g/mol. The van der Waals surface area contributed by atoms with E-state index in [0.717, 1.165) is 17.8 Å².